The van der Waals surface area contributed by atoms with Crippen molar-refractivity contribution in [3.05, 3.63) is 0 Å². The van der Waals surface area contributed by atoms with Crippen molar-refractivity contribution in [3.63, 3.8) is 0 Å². The van der Waals surface area contributed by atoms with Crippen LogP contribution in [0.4, 0.5) is 0 Å². The first-order chi connectivity index (χ1) is 9.06. The molecule has 0 bridgehead atoms. The second kappa shape index (κ2) is 8.63. The normalized spacial score (nSPS) is 20.7. The van der Waals surface area contributed by atoms with E-state index >= 15 is 0 Å². The number of rotatable bonds is 8. The smallest absolute Gasteiger partial charge is 0.0541 e. The van der Waals surface area contributed by atoms with Gasteiger partial charge in [0.2, 0.25) is 0 Å². The van der Waals surface area contributed by atoms with Gasteiger partial charge in [-0.15, -0.1) is 0 Å². The van der Waals surface area contributed by atoms with E-state index < -0.39 is 0 Å². The monoisotopic (exact) mass is 333 g/mol. The summed E-state index contributed by atoms with van der Waals surface area (Å²) in [4.78, 5) is 2.63. The summed E-state index contributed by atoms with van der Waals surface area (Å²) in [7, 11) is 0. The third kappa shape index (κ3) is 5.35. The lowest BCUT2D eigenvalue weighted by molar-refractivity contribution is 0.0528. The highest BCUT2D eigenvalue weighted by atomic mass is 79.9. The number of alkyl halides is 1. The van der Waals surface area contributed by atoms with Gasteiger partial charge in [-0.2, -0.15) is 0 Å². The zero-order chi connectivity index (χ0) is 14.3. The summed E-state index contributed by atoms with van der Waals surface area (Å²) >= 11 is 3.77. The van der Waals surface area contributed by atoms with Crippen molar-refractivity contribution >= 4 is 15.9 Å². The maximum absolute atomic E-state index is 9.68. The summed E-state index contributed by atoms with van der Waals surface area (Å²) in [6.45, 7) is 10.1. The highest BCUT2D eigenvalue weighted by Crippen LogP contribution is 2.34. The largest absolute Gasteiger partial charge is 0.393 e. The van der Waals surface area contributed by atoms with Crippen LogP contribution >= 0.6 is 15.9 Å². The number of piperidine rings is 1. The van der Waals surface area contributed by atoms with E-state index in [0.717, 1.165) is 31.3 Å². The van der Waals surface area contributed by atoms with Gasteiger partial charge in [-0.25, -0.2) is 0 Å². The predicted molar refractivity (Wildman–Crippen MR) is 86.9 cm³/mol. The van der Waals surface area contributed by atoms with Gasteiger partial charge in [-0.3, -0.25) is 0 Å². The Morgan fingerprint density at radius 1 is 1.21 bits per heavy atom. The minimum absolute atomic E-state index is 0.130. The van der Waals surface area contributed by atoms with Crippen molar-refractivity contribution in [2.24, 2.45) is 11.3 Å². The van der Waals surface area contributed by atoms with Gasteiger partial charge in [-0.1, -0.05) is 42.6 Å². The van der Waals surface area contributed by atoms with Crippen LogP contribution < -0.4 is 0 Å². The van der Waals surface area contributed by atoms with E-state index in [0.29, 0.717) is 11.3 Å². The lowest BCUT2D eigenvalue weighted by atomic mass is 9.80. The van der Waals surface area contributed by atoms with Gasteiger partial charge in [0, 0.05) is 11.9 Å². The van der Waals surface area contributed by atoms with E-state index in [2.05, 4.69) is 34.7 Å². The molecule has 1 unspecified atom stereocenters. The van der Waals surface area contributed by atoms with E-state index in [1.54, 1.807) is 0 Å². The second-order valence-corrected chi connectivity index (χ2v) is 7.05. The van der Waals surface area contributed by atoms with Crippen LogP contribution in [0.25, 0.3) is 0 Å². The van der Waals surface area contributed by atoms with Crippen molar-refractivity contribution in [2.45, 2.75) is 65.4 Å². The Kier molecular flexibility index (Phi) is 7.93. The highest BCUT2D eigenvalue weighted by molar-refractivity contribution is 9.09. The molecule has 1 N–H and O–H groups in total. The van der Waals surface area contributed by atoms with Gasteiger partial charge in [0.05, 0.1) is 6.10 Å². The number of nitrogens with zero attached hydrogens (tertiary/aromatic N) is 1. The fraction of sp³-hybridized carbons (Fsp3) is 1.00. The Balaban J connectivity index is 2.51. The lowest BCUT2D eigenvalue weighted by Crippen LogP contribution is -2.44. The number of aliphatic hydroxyl groups excluding tert-OH is 1. The SMILES string of the molecule is CCCC(CBr)(CCC)CN1CCC(C(C)O)CC1. The van der Waals surface area contributed by atoms with Crippen molar-refractivity contribution in [1.29, 1.82) is 0 Å². The zero-order valence-electron chi connectivity index (χ0n) is 13.0. The maximum Gasteiger partial charge on any atom is 0.0541 e. The molecule has 1 saturated heterocycles. The van der Waals surface area contributed by atoms with Gasteiger partial charge < -0.3 is 10.0 Å². The topological polar surface area (TPSA) is 23.5 Å². The van der Waals surface area contributed by atoms with Gasteiger partial charge in [-0.05, 0) is 57.0 Å². The van der Waals surface area contributed by atoms with E-state index in [9.17, 15) is 5.11 Å². The third-order valence-electron chi connectivity index (χ3n) is 4.72. The first-order valence-corrected chi connectivity index (χ1v) is 9.15. The molecule has 1 heterocycles. The average Bonchev–Trinajstić information content (AvgIpc) is 2.40. The minimum Gasteiger partial charge on any atom is -0.393 e. The summed E-state index contributed by atoms with van der Waals surface area (Å²) in [5.41, 5.74) is 0.459. The number of hydrogen-bond donors (Lipinski definition) is 1. The Labute approximate surface area is 128 Å². The van der Waals surface area contributed by atoms with Crippen molar-refractivity contribution in [2.75, 3.05) is 25.0 Å². The average molecular weight is 334 g/mol. The predicted octanol–water partition coefficient (Wildman–Crippen LogP) is 4.06. The molecule has 1 aliphatic heterocycles. The lowest BCUT2D eigenvalue weighted by Gasteiger charge is -2.41. The fourth-order valence-corrected chi connectivity index (χ4v) is 4.33. The molecule has 114 valence electrons. The van der Waals surface area contributed by atoms with E-state index in [1.807, 2.05) is 6.92 Å². The number of halogens is 1. The zero-order valence-corrected chi connectivity index (χ0v) is 14.6. The van der Waals surface area contributed by atoms with Crippen LogP contribution in [-0.2, 0) is 0 Å². The molecule has 0 saturated carbocycles. The quantitative estimate of drug-likeness (QED) is 0.677. The fourth-order valence-electron chi connectivity index (χ4n) is 3.59. The Morgan fingerprint density at radius 3 is 2.11 bits per heavy atom. The summed E-state index contributed by atoms with van der Waals surface area (Å²) < 4.78 is 0. The van der Waals surface area contributed by atoms with Gasteiger partial charge in [0.25, 0.3) is 0 Å². The van der Waals surface area contributed by atoms with Crippen molar-refractivity contribution < 1.29 is 5.11 Å². The first kappa shape index (κ1) is 17.5. The molecule has 1 aliphatic rings. The number of aliphatic hydroxyl groups is 1. The van der Waals surface area contributed by atoms with Crippen LogP contribution in [0.3, 0.4) is 0 Å². The molecule has 19 heavy (non-hydrogen) atoms. The van der Waals surface area contributed by atoms with Crippen LogP contribution in [-0.4, -0.2) is 41.1 Å². The third-order valence-corrected chi connectivity index (χ3v) is 5.91. The summed E-state index contributed by atoms with van der Waals surface area (Å²) in [6.07, 6.45) is 7.38. The number of likely N-dealkylation sites (tertiary alicyclic amines) is 1. The molecule has 0 aromatic rings. The molecule has 1 atom stereocenters. The van der Waals surface area contributed by atoms with Crippen molar-refractivity contribution in [1.82, 2.24) is 4.90 Å². The molecule has 0 radical (unpaired) electrons. The molecule has 0 amide bonds. The van der Waals surface area contributed by atoms with Crippen LogP contribution in [0.5, 0.6) is 0 Å². The summed E-state index contributed by atoms with van der Waals surface area (Å²) in [6, 6.07) is 0. The van der Waals surface area contributed by atoms with Crippen LogP contribution in [0.15, 0.2) is 0 Å². The molecule has 1 fully saturated rings. The van der Waals surface area contributed by atoms with Crippen LogP contribution in [0.1, 0.15) is 59.3 Å². The molecule has 0 spiro atoms. The second-order valence-electron chi connectivity index (χ2n) is 6.49. The molecule has 3 heteroatoms. The van der Waals surface area contributed by atoms with Crippen LogP contribution in [0.2, 0.25) is 0 Å². The molecular formula is C16H32BrNO. The standard InChI is InChI=1S/C16H32BrNO/c1-4-8-16(12-17,9-5-2)13-18-10-6-15(7-11-18)14(3)19/h14-15,19H,4-13H2,1-3H3. The molecule has 2 nitrogen and oxygen atoms in total. The highest BCUT2D eigenvalue weighted by Gasteiger charge is 2.32. The summed E-state index contributed by atoms with van der Waals surface area (Å²) in [5, 5.41) is 10.8. The van der Waals surface area contributed by atoms with Gasteiger partial charge in [0.1, 0.15) is 0 Å². The Bertz CT molecular complexity index is 231. The van der Waals surface area contributed by atoms with Crippen LogP contribution in [0, 0.1) is 11.3 Å². The molecular weight excluding hydrogens is 302 g/mol. The molecule has 1 rings (SSSR count). The number of hydrogen-bond acceptors (Lipinski definition) is 2. The van der Waals surface area contributed by atoms with E-state index in [4.69, 9.17) is 0 Å². The van der Waals surface area contributed by atoms with E-state index in [-0.39, 0.29) is 6.10 Å². The molecule has 0 aliphatic carbocycles. The van der Waals surface area contributed by atoms with E-state index in [1.165, 1.54) is 32.2 Å². The molecule has 0 aromatic carbocycles. The maximum atomic E-state index is 9.68. The first-order valence-electron chi connectivity index (χ1n) is 8.03. The summed E-state index contributed by atoms with van der Waals surface area (Å²) in [5.74, 6) is 0.520. The van der Waals surface area contributed by atoms with Gasteiger partial charge in [0.15, 0.2) is 0 Å². The Morgan fingerprint density at radius 2 is 1.74 bits per heavy atom. The Hall–Kier alpha value is 0.400. The van der Waals surface area contributed by atoms with Crippen molar-refractivity contribution in [3.8, 4) is 0 Å². The molecule has 0 aromatic heterocycles. The minimum atomic E-state index is -0.130. The van der Waals surface area contributed by atoms with Gasteiger partial charge >= 0.3 is 0 Å².